The minimum absolute atomic E-state index is 0.260. The first-order valence-corrected chi connectivity index (χ1v) is 4.77. The molecule has 2 rings (SSSR count). The molecule has 2 aromatic rings. The first-order valence-electron chi connectivity index (χ1n) is 4.77. The van der Waals surface area contributed by atoms with Crippen molar-refractivity contribution in [3.63, 3.8) is 0 Å². The Morgan fingerprint density at radius 1 is 1.24 bits per heavy atom. The highest BCUT2D eigenvalue weighted by molar-refractivity contribution is 5.98. The highest BCUT2D eigenvalue weighted by atomic mass is 16.5. The summed E-state index contributed by atoms with van der Waals surface area (Å²) in [5, 5.41) is 17.1. The lowest BCUT2D eigenvalue weighted by Crippen LogP contribution is -2.18. The van der Waals surface area contributed by atoms with E-state index in [1.54, 1.807) is 24.3 Å². The van der Waals surface area contributed by atoms with Crippen LogP contribution >= 0.6 is 0 Å². The third kappa shape index (κ3) is 2.82. The molecule has 6 heteroatoms. The van der Waals surface area contributed by atoms with E-state index in [-0.39, 0.29) is 5.88 Å². The fourth-order valence-corrected chi connectivity index (χ4v) is 1.18. The summed E-state index contributed by atoms with van der Waals surface area (Å²) in [6.07, 6.45) is 1.43. The molecular formula is C11H8N4O2. The zero-order valence-electron chi connectivity index (χ0n) is 8.68. The molecular weight excluding hydrogens is 220 g/mol. The Bertz CT molecular complexity index is 540. The monoisotopic (exact) mass is 228 g/mol. The van der Waals surface area contributed by atoms with Crippen molar-refractivity contribution >= 4 is 17.6 Å². The highest BCUT2D eigenvalue weighted by Gasteiger charge is 2.04. The summed E-state index contributed by atoms with van der Waals surface area (Å²) in [7, 11) is 0. The normalized spacial score (nSPS) is 9.35. The molecule has 17 heavy (non-hydrogen) atoms. The fraction of sp³-hybridized carbons (Fsp3) is 0. The lowest BCUT2D eigenvalue weighted by atomic mass is 10.2. The van der Waals surface area contributed by atoms with Crippen molar-refractivity contribution < 1.29 is 9.32 Å². The van der Waals surface area contributed by atoms with Crippen LogP contribution < -0.4 is 10.6 Å². The zero-order valence-corrected chi connectivity index (χ0v) is 8.68. The topological polar surface area (TPSA) is 91.0 Å². The lowest BCUT2D eigenvalue weighted by Gasteiger charge is -2.04. The van der Waals surface area contributed by atoms with E-state index in [9.17, 15) is 4.79 Å². The third-order valence-electron chi connectivity index (χ3n) is 1.95. The van der Waals surface area contributed by atoms with Gasteiger partial charge in [-0.2, -0.15) is 5.26 Å². The molecule has 1 aromatic heterocycles. The van der Waals surface area contributed by atoms with E-state index in [0.29, 0.717) is 11.3 Å². The molecule has 2 amide bonds. The van der Waals surface area contributed by atoms with Gasteiger partial charge in [0.2, 0.25) is 5.88 Å². The smallest absolute Gasteiger partial charge is 0.326 e. The van der Waals surface area contributed by atoms with Crippen molar-refractivity contribution in [3.05, 3.63) is 42.1 Å². The molecule has 0 saturated carbocycles. The quantitative estimate of drug-likeness (QED) is 0.824. The fourth-order valence-electron chi connectivity index (χ4n) is 1.18. The number of amides is 2. The van der Waals surface area contributed by atoms with Crippen molar-refractivity contribution in [1.82, 2.24) is 5.16 Å². The van der Waals surface area contributed by atoms with Crippen LogP contribution in [-0.4, -0.2) is 11.2 Å². The van der Waals surface area contributed by atoms with Crippen LogP contribution in [0.1, 0.15) is 5.56 Å². The van der Waals surface area contributed by atoms with Gasteiger partial charge in [0.05, 0.1) is 17.8 Å². The average molecular weight is 228 g/mol. The largest absolute Gasteiger partial charge is 0.338 e. The Balaban J connectivity index is 1.96. The Hall–Kier alpha value is -2.81. The number of aromatic nitrogens is 1. The molecule has 6 nitrogen and oxygen atoms in total. The average Bonchev–Trinajstić information content (AvgIpc) is 2.82. The van der Waals surface area contributed by atoms with Gasteiger partial charge in [-0.15, -0.1) is 0 Å². The second kappa shape index (κ2) is 4.81. The van der Waals surface area contributed by atoms with Crippen molar-refractivity contribution in [2.24, 2.45) is 0 Å². The molecule has 0 aliphatic heterocycles. The Kier molecular flexibility index (Phi) is 3.03. The number of benzene rings is 1. The minimum atomic E-state index is -0.438. The summed E-state index contributed by atoms with van der Waals surface area (Å²) in [5.41, 5.74) is 1.12. The van der Waals surface area contributed by atoms with Gasteiger partial charge in [-0.1, -0.05) is 5.16 Å². The maximum atomic E-state index is 11.5. The van der Waals surface area contributed by atoms with Crippen molar-refractivity contribution in [2.75, 3.05) is 10.6 Å². The van der Waals surface area contributed by atoms with Gasteiger partial charge in [0.1, 0.15) is 0 Å². The second-order valence-corrected chi connectivity index (χ2v) is 3.14. The Morgan fingerprint density at radius 3 is 2.59 bits per heavy atom. The molecule has 1 heterocycles. The summed E-state index contributed by atoms with van der Waals surface area (Å²) in [4.78, 5) is 11.5. The summed E-state index contributed by atoms with van der Waals surface area (Å²) >= 11 is 0. The second-order valence-electron chi connectivity index (χ2n) is 3.14. The number of nitrogens with one attached hydrogen (secondary N) is 2. The molecule has 1 aromatic carbocycles. The number of carbonyl (C=O) groups excluding carboxylic acids is 1. The molecule has 0 unspecified atom stereocenters. The molecule has 0 radical (unpaired) electrons. The van der Waals surface area contributed by atoms with Crippen LogP contribution in [-0.2, 0) is 0 Å². The van der Waals surface area contributed by atoms with Gasteiger partial charge < -0.3 is 9.84 Å². The lowest BCUT2D eigenvalue weighted by molar-refractivity contribution is 0.261. The first-order chi connectivity index (χ1) is 8.28. The summed E-state index contributed by atoms with van der Waals surface area (Å²) in [6, 6.07) is 9.59. The van der Waals surface area contributed by atoms with Gasteiger partial charge in [0.25, 0.3) is 0 Å². The van der Waals surface area contributed by atoms with E-state index in [1.165, 1.54) is 12.3 Å². The van der Waals surface area contributed by atoms with Gasteiger partial charge in [0.15, 0.2) is 0 Å². The van der Waals surface area contributed by atoms with E-state index in [4.69, 9.17) is 9.78 Å². The molecule has 0 atom stereocenters. The number of rotatable bonds is 2. The van der Waals surface area contributed by atoms with Crippen molar-refractivity contribution in [3.8, 4) is 6.07 Å². The molecule has 0 aliphatic rings. The molecule has 0 bridgehead atoms. The van der Waals surface area contributed by atoms with Gasteiger partial charge in [0, 0.05) is 11.8 Å². The summed E-state index contributed by atoms with van der Waals surface area (Å²) in [6.45, 7) is 0. The molecule has 0 spiro atoms. The zero-order chi connectivity index (χ0) is 12.1. The van der Waals surface area contributed by atoms with Gasteiger partial charge >= 0.3 is 6.03 Å². The predicted octanol–water partition coefficient (Wildman–Crippen LogP) is 2.19. The Labute approximate surface area is 96.8 Å². The first kappa shape index (κ1) is 10.7. The number of nitrogens with zero attached hydrogens (tertiary/aromatic N) is 2. The number of hydrogen-bond donors (Lipinski definition) is 2. The van der Waals surface area contributed by atoms with Crippen LogP contribution in [0.2, 0.25) is 0 Å². The number of hydrogen-bond acceptors (Lipinski definition) is 4. The maximum absolute atomic E-state index is 11.5. The van der Waals surface area contributed by atoms with Crippen molar-refractivity contribution in [2.45, 2.75) is 0 Å². The predicted molar refractivity (Wildman–Crippen MR) is 60.3 cm³/mol. The number of anilines is 2. The minimum Gasteiger partial charge on any atom is -0.338 e. The van der Waals surface area contributed by atoms with E-state index in [0.717, 1.165) is 0 Å². The van der Waals surface area contributed by atoms with E-state index < -0.39 is 6.03 Å². The number of nitriles is 1. The van der Waals surface area contributed by atoms with E-state index in [2.05, 4.69) is 15.8 Å². The van der Waals surface area contributed by atoms with Crippen LogP contribution in [0.3, 0.4) is 0 Å². The SMILES string of the molecule is N#Cc1ccc(NC(=O)Nc2ccno2)cc1. The Morgan fingerprint density at radius 2 is 2.00 bits per heavy atom. The number of urea groups is 1. The molecule has 84 valence electrons. The van der Waals surface area contributed by atoms with Crippen LogP contribution in [0.25, 0.3) is 0 Å². The van der Waals surface area contributed by atoms with Gasteiger partial charge in [-0.25, -0.2) is 4.79 Å². The standard InChI is InChI=1S/C11H8N4O2/c12-7-8-1-3-9(4-2-8)14-11(16)15-10-5-6-13-17-10/h1-6H,(H2,14,15,16). The number of carbonyl (C=O) groups is 1. The molecule has 0 aliphatic carbocycles. The van der Waals surface area contributed by atoms with Crippen LogP contribution in [0, 0.1) is 11.3 Å². The summed E-state index contributed by atoms with van der Waals surface area (Å²) < 4.78 is 4.71. The molecule has 0 fully saturated rings. The third-order valence-corrected chi connectivity index (χ3v) is 1.95. The van der Waals surface area contributed by atoms with Gasteiger partial charge in [-0.05, 0) is 24.3 Å². The van der Waals surface area contributed by atoms with Crippen LogP contribution in [0.15, 0.2) is 41.1 Å². The van der Waals surface area contributed by atoms with E-state index >= 15 is 0 Å². The van der Waals surface area contributed by atoms with Crippen LogP contribution in [0.5, 0.6) is 0 Å². The summed E-state index contributed by atoms with van der Waals surface area (Å²) in [5.74, 6) is 0.260. The maximum Gasteiger partial charge on any atom is 0.326 e. The highest BCUT2D eigenvalue weighted by Crippen LogP contribution is 2.10. The molecule has 2 N–H and O–H groups in total. The molecule has 0 saturated heterocycles. The van der Waals surface area contributed by atoms with Crippen molar-refractivity contribution in [1.29, 1.82) is 5.26 Å². The van der Waals surface area contributed by atoms with Gasteiger partial charge in [-0.3, -0.25) is 5.32 Å². The van der Waals surface area contributed by atoms with Crippen LogP contribution in [0.4, 0.5) is 16.4 Å². The van der Waals surface area contributed by atoms with E-state index in [1.807, 2.05) is 6.07 Å².